The first-order chi connectivity index (χ1) is 6.83. The van der Waals surface area contributed by atoms with Gasteiger partial charge in [0.05, 0.1) is 0 Å². The van der Waals surface area contributed by atoms with E-state index in [9.17, 15) is 0 Å². The topological polar surface area (TPSA) is 0 Å². The fraction of sp³-hybridized carbons (Fsp3) is 0.571. The maximum Gasteiger partial charge on any atom is -0.0224 e. The van der Waals surface area contributed by atoms with Gasteiger partial charge in [-0.1, -0.05) is 50.5 Å². The summed E-state index contributed by atoms with van der Waals surface area (Å²) in [4.78, 5) is 0. The molecule has 0 aromatic heterocycles. The van der Waals surface area contributed by atoms with Gasteiger partial charge in [0.1, 0.15) is 0 Å². The number of unbranched alkanes of at least 4 members (excludes halogenated alkanes) is 2. The molecule has 80 valence electrons. The van der Waals surface area contributed by atoms with Crippen molar-refractivity contribution in [3.05, 3.63) is 37.0 Å². The van der Waals surface area contributed by atoms with Crippen molar-refractivity contribution in [2.75, 3.05) is 0 Å². The second-order valence-electron chi connectivity index (χ2n) is 3.81. The second kappa shape index (κ2) is 8.80. The summed E-state index contributed by atoms with van der Waals surface area (Å²) in [5.74, 6) is 0.764. The highest BCUT2D eigenvalue weighted by atomic mass is 14.1. The van der Waals surface area contributed by atoms with Crippen molar-refractivity contribution < 1.29 is 0 Å². The van der Waals surface area contributed by atoms with E-state index in [1.807, 2.05) is 0 Å². The Morgan fingerprint density at radius 2 is 2.07 bits per heavy atom. The Morgan fingerprint density at radius 3 is 2.57 bits per heavy atom. The molecule has 1 aliphatic carbocycles. The van der Waals surface area contributed by atoms with Gasteiger partial charge >= 0.3 is 0 Å². The molecule has 0 N–H and O–H groups in total. The van der Waals surface area contributed by atoms with Gasteiger partial charge < -0.3 is 0 Å². The zero-order valence-electron chi connectivity index (χ0n) is 9.76. The minimum absolute atomic E-state index is 0.764. The maximum absolute atomic E-state index is 3.00. The zero-order valence-corrected chi connectivity index (χ0v) is 9.76. The molecule has 0 amide bonds. The molecule has 1 unspecified atom stereocenters. The third kappa shape index (κ3) is 5.80. The SMILES string of the molecule is C=C.CCCCCC1=CCC(C)C=C1. The number of rotatable bonds is 4. The predicted octanol–water partition coefficient (Wildman–Crippen LogP) is 4.89. The summed E-state index contributed by atoms with van der Waals surface area (Å²) in [6.45, 7) is 10.5. The maximum atomic E-state index is 3.00. The monoisotopic (exact) mass is 192 g/mol. The quantitative estimate of drug-likeness (QED) is 0.439. The highest BCUT2D eigenvalue weighted by Gasteiger charge is 2.02. The van der Waals surface area contributed by atoms with Crippen molar-refractivity contribution in [1.82, 2.24) is 0 Å². The van der Waals surface area contributed by atoms with E-state index in [1.54, 1.807) is 5.57 Å². The van der Waals surface area contributed by atoms with Gasteiger partial charge in [0.2, 0.25) is 0 Å². The lowest BCUT2D eigenvalue weighted by Crippen LogP contribution is -1.94. The molecule has 1 aliphatic rings. The molecule has 0 fully saturated rings. The lowest BCUT2D eigenvalue weighted by Gasteiger charge is -2.11. The lowest BCUT2D eigenvalue weighted by atomic mass is 9.95. The Balaban J connectivity index is 0.000000791. The van der Waals surface area contributed by atoms with Gasteiger partial charge in [-0.25, -0.2) is 0 Å². The van der Waals surface area contributed by atoms with Gasteiger partial charge in [0, 0.05) is 0 Å². The first kappa shape index (κ1) is 13.2. The van der Waals surface area contributed by atoms with Crippen LogP contribution in [0.5, 0.6) is 0 Å². The predicted molar refractivity (Wildman–Crippen MR) is 66.4 cm³/mol. The summed E-state index contributed by atoms with van der Waals surface area (Å²) < 4.78 is 0. The van der Waals surface area contributed by atoms with Crippen molar-refractivity contribution in [2.45, 2.75) is 46.0 Å². The molecule has 0 nitrogen and oxygen atoms in total. The van der Waals surface area contributed by atoms with Gasteiger partial charge in [-0.3, -0.25) is 0 Å². The van der Waals surface area contributed by atoms with Gasteiger partial charge in [-0.05, 0) is 25.2 Å². The Morgan fingerprint density at radius 1 is 1.36 bits per heavy atom. The molecule has 0 aliphatic heterocycles. The van der Waals surface area contributed by atoms with Crippen LogP contribution < -0.4 is 0 Å². The van der Waals surface area contributed by atoms with Gasteiger partial charge in [-0.2, -0.15) is 0 Å². The van der Waals surface area contributed by atoms with E-state index in [0.29, 0.717) is 0 Å². The van der Waals surface area contributed by atoms with E-state index in [2.05, 4.69) is 45.2 Å². The minimum atomic E-state index is 0.764. The number of allylic oxidation sites excluding steroid dienone is 4. The molecule has 0 radical (unpaired) electrons. The van der Waals surface area contributed by atoms with E-state index >= 15 is 0 Å². The van der Waals surface area contributed by atoms with Crippen LogP contribution in [-0.2, 0) is 0 Å². The molecule has 0 spiro atoms. The molecule has 14 heavy (non-hydrogen) atoms. The molecule has 0 aromatic rings. The summed E-state index contributed by atoms with van der Waals surface area (Å²) in [6.07, 6.45) is 13.6. The van der Waals surface area contributed by atoms with Crippen LogP contribution in [0.3, 0.4) is 0 Å². The highest BCUT2D eigenvalue weighted by molar-refractivity contribution is 5.23. The fourth-order valence-electron chi connectivity index (χ4n) is 1.54. The van der Waals surface area contributed by atoms with E-state index in [0.717, 1.165) is 5.92 Å². The molecular formula is C14H24. The molecule has 0 aromatic carbocycles. The van der Waals surface area contributed by atoms with Crippen LogP contribution in [0, 0.1) is 5.92 Å². The molecule has 1 rings (SSSR count). The molecule has 0 saturated heterocycles. The Hall–Kier alpha value is -0.780. The summed E-state index contributed by atoms with van der Waals surface area (Å²) in [5.41, 5.74) is 1.56. The molecule has 0 saturated carbocycles. The van der Waals surface area contributed by atoms with Crippen molar-refractivity contribution in [3.8, 4) is 0 Å². The van der Waals surface area contributed by atoms with Crippen molar-refractivity contribution in [1.29, 1.82) is 0 Å². The fourth-order valence-corrected chi connectivity index (χ4v) is 1.54. The third-order valence-corrected chi connectivity index (χ3v) is 2.46. The van der Waals surface area contributed by atoms with Gasteiger partial charge in [-0.15, -0.1) is 13.2 Å². The summed E-state index contributed by atoms with van der Waals surface area (Å²) in [5, 5.41) is 0. The van der Waals surface area contributed by atoms with Crippen LogP contribution >= 0.6 is 0 Å². The molecule has 0 bridgehead atoms. The van der Waals surface area contributed by atoms with E-state index in [4.69, 9.17) is 0 Å². The van der Waals surface area contributed by atoms with Crippen molar-refractivity contribution in [3.63, 3.8) is 0 Å². The molecular weight excluding hydrogens is 168 g/mol. The Bertz CT molecular complexity index is 186. The van der Waals surface area contributed by atoms with Gasteiger partial charge in [0.25, 0.3) is 0 Å². The summed E-state index contributed by atoms with van der Waals surface area (Å²) >= 11 is 0. The first-order valence-electron chi connectivity index (χ1n) is 5.70. The zero-order chi connectivity index (χ0) is 10.8. The smallest absolute Gasteiger partial charge is 0.0224 e. The molecule has 0 heterocycles. The largest absolute Gasteiger partial charge is 0.106 e. The third-order valence-electron chi connectivity index (χ3n) is 2.46. The van der Waals surface area contributed by atoms with Crippen LogP contribution in [0.15, 0.2) is 37.0 Å². The first-order valence-corrected chi connectivity index (χ1v) is 5.70. The lowest BCUT2D eigenvalue weighted by molar-refractivity contribution is 0.692. The van der Waals surface area contributed by atoms with Crippen molar-refractivity contribution in [2.24, 2.45) is 5.92 Å². The average molecular weight is 192 g/mol. The van der Waals surface area contributed by atoms with Crippen LogP contribution in [0.25, 0.3) is 0 Å². The molecule has 0 heteroatoms. The van der Waals surface area contributed by atoms with Crippen LogP contribution in [0.4, 0.5) is 0 Å². The van der Waals surface area contributed by atoms with E-state index in [-0.39, 0.29) is 0 Å². The van der Waals surface area contributed by atoms with Crippen LogP contribution in [0.2, 0.25) is 0 Å². The van der Waals surface area contributed by atoms with Gasteiger partial charge in [0.15, 0.2) is 0 Å². The highest BCUT2D eigenvalue weighted by Crippen LogP contribution is 2.19. The van der Waals surface area contributed by atoms with E-state index < -0.39 is 0 Å². The molecule has 1 atom stereocenters. The van der Waals surface area contributed by atoms with E-state index in [1.165, 1.54) is 32.1 Å². The van der Waals surface area contributed by atoms with Crippen LogP contribution in [0.1, 0.15) is 46.0 Å². The second-order valence-corrected chi connectivity index (χ2v) is 3.81. The number of hydrogen-bond donors (Lipinski definition) is 0. The minimum Gasteiger partial charge on any atom is -0.106 e. The number of hydrogen-bond acceptors (Lipinski definition) is 0. The summed E-state index contributed by atoms with van der Waals surface area (Å²) in [6, 6.07) is 0. The van der Waals surface area contributed by atoms with Crippen molar-refractivity contribution >= 4 is 0 Å². The van der Waals surface area contributed by atoms with Crippen LogP contribution in [-0.4, -0.2) is 0 Å². The Kier molecular flexibility index (Phi) is 8.31. The standard InChI is InChI=1S/C12H20.C2H4/c1-3-4-5-6-12-9-7-11(2)8-10-12;1-2/h7,9-11H,3-6,8H2,1-2H3;1-2H2. The summed E-state index contributed by atoms with van der Waals surface area (Å²) in [7, 11) is 0. The average Bonchev–Trinajstić information content (AvgIpc) is 2.24. The normalized spacial score (nSPS) is 19.6. The Labute approximate surface area is 89.4 Å².